The highest BCUT2D eigenvalue weighted by molar-refractivity contribution is 9.10. The number of nitrogens with zero attached hydrogens (tertiary/aromatic N) is 3. The summed E-state index contributed by atoms with van der Waals surface area (Å²) in [5.41, 5.74) is 0.993. The smallest absolute Gasteiger partial charge is 0.312 e. The fourth-order valence-corrected chi connectivity index (χ4v) is 4.44. The van der Waals surface area contributed by atoms with Crippen molar-refractivity contribution in [2.24, 2.45) is 10.8 Å². The molecule has 0 aromatic carbocycles. The highest BCUT2D eigenvalue weighted by Crippen LogP contribution is 2.40. The number of rotatable bonds is 3. The third kappa shape index (κ3) is 7.46. The van der Waals surface area contributed by atoms with Crippen LogP contribution in [0.5, 0.6) is 0 Å². The first-order valence-electron chi connectivity index (χ1n) is 10.4. The fourth-order valence-electron chi connectivity index (χ4n) is 3.37. The van der Waals surface area contributed by atoms with Crippen LogP contribution in [0, 0.1) is 30.6 Å². The topological polar surface area (TPSA) is 104 Å². The number of carbonyl (C=O) groups is 2. The number of anilines is 1. The Balaban J connectivity index is 0.000000192. The van der Waals surface area contributed by atoms with E-state index in [0.29, 0.717) is 17.7 Å². The number of aryl methyl sites for hydroxylation is 2. The van der Waals surface area contributed by atoms with Crippen LogP contribution in [0.3, 0.4) is 0 Å². The zero-order valence-corrected chi connectivity index (χ0v) is 22.2. The van der Waals surface area contributed by atoms with Crippen molar-refractivity contribution in [2.45, 2.75) is 47.0 Å². The van der Waals surface area contributed by atoms with E-state index < -0.39 is 23.3 Å². The maximum atomic E-state index is 12.3. The van der Waals surface area contributed by atoms with Crippen molar-refractivity contribution >= 4 is 49.6 Å². The van der Waals surface area contributed by atoms with Crippen molar-refractivity contribution in [1.29, 1.82) is 0 Å². The molecule has 0 unspecified atom stereocenters. The largest absolute Gasteiger partial charge is 0.481 e. The first-order chi connectivity index (χ1) is 15.2. The van der Waals surface area contributed by atoms with Crippen molar-refractivity contribution in [3.05, 3.63) is 50.5 Å². The summed E-state index contributed by atoms with van der Waals surface area (Å²) in [5, 5.41) is 17.5. The van der Waals surface area contributed by atoms with Crippen LogP contribution in [-0.4, -0.2) is 45.2 Å². The van der Waals surface area contributed by atoms with Gasteiger partial charge < -0.3 is 15.1 Å². The van der Waals surface area contributed by atoms with Crippen LogP contribution < -0.4 is 4.90 Å². The quantitative estimate of drug-likeness (QED) is 0.449. The Morgan fingerprint density at radius 3 is 1.73 bits per heavy atom. The lowest BCUT2D eigenvalue weighted by molar-refractivity contribution is -0.153. The Bertz CT molecular complexity index is 954. The number of aromatic nitrogens is 2. The van der Waals surface area contributed by atoms with E-state index in [1.807, 2.05) is 30.9 Å². The summed E-state index contributed by atoms with van der Waals surface area (Å²) in [4.78, 5) is 31.1. The maximum Gasteiger partial charge on any atom is 0.312 e. The monoisotopic (exact) mass is 587 g/mol. The van der Waals surface area contributed by atoms with Gasteiger partial charge in [-0.25, -0.2) is 9.97 Å². The van der Waals surface area contributed by atoms with E-state index in [1.54, 1.807) is 19.9 Å². The molecule has 0 bridgehead atoms. The fraction of sp³-hybridized carbons (Fsp3) is 0.478. The molecule has 0 spiro atoms. The van der Waals surface area contributed by atoms with Crippen molar-refractivity contribution in [2.75, 3.05) is 18.0 Å². The molecule has 2 aromatic rings. The standard InChI is InChI=1S/C11H13BrN2O2.C6H5BrFN.C6H10O2/c1-7-3-8(12)13-9(4-7)14-5-11(2,6-14)10(15)16;1-4-2-5(7)9-6(8)3-4;1-6(5(7)8)3-2-4-6/h3-4H,5-6H2,1-2H3,(H,15,16);2-3H,1H3;2-4H2,1H3,(H,7,8). The molecule has 2 N–H and O–H groups in total. The molecule has 10 heteroatoms. The van der Waals surface area contributed by atoms with Gasteiger partial charge in [-0.05, 0) is 108 Å². The van der Waals surface area contributed by atoms with Gasteiger partial charge in [0, 0.05) is 13.1 Å². The third-order valence-corrected chi connectivity index (χ3v) is 6.54. The summed E-state index contributed by atoms with van der Waals surface area (Å²) in [6.07, 6.45) is 2.81. The summed E-state index contributed by atoms with van der Waals surface area (Å²) in [6, 6.07) is 7.03. The van der Waals surface area contributed by atoms with Crippen LogP contribution in [0.1, 0.15) is 44.2 Å². The molecule has 1 saturated heterocycles. The van der Waals surface area contributed by atoms with Crippen molar-refractivity contribution in [1.82, 2.24) is 9.97 Å². The number of carboxylic acids is 2. The van der Waals surface area contributed by atoms with Crippen molar-refractivity contribution in [3.8, 4) is 0 Å². The van der Waals surface area contributed by atoms with Crippen LogP contribution in [0.2, 0.25) is 0 Å². The molecule has 2 fully saturated rings. The molecule has 1 aliphatic heterocycles. The SMILES string of the molecule is CC1(C(=O)O)CCC1.Cc1cc(Br)nc(N2CC(C)(C(=O)O)C2)c1.Cc1cc(F)nc(Br)c1. The highest BCUT2D eigenvalue weighted by atomic mass is 79.9. The average molecular weight is 589 g/mol. The molecule has 0 amide bonds. The van der Waals surface area contributed by atoms with Gasteiger partial charge in [-0.15, -0.1) is 0 Å². The molecular formula is C23H28Br2FN3O4. The van der Waals surface area contributed by atoms with Gasteiger partial charge in [-0.3, -0.25) is 9.59 Å². The lowest BCUT2D eigenvalue weighted by Crippen LogP contribution is -2.59. The van der Waals surface area contributed by atoms with E-state index in [2.05, 4.69) is 41.8 Å². The van der Waals surface area contributed by atoms with Gasteiger partial charge in [0.25, 0.3) is 0 Å². The minimum atomic E-state index is -0.740. The zero-order chi connectivity index (χ0) is 25.0. The third-order valence-electron chi connectivity index (χ3n) is 5.73. The van der Waals surface area contributed by atoms with E-state index in [1.165, 1.54) is 6.07 Å². The Hall–Kier alpha value is -2.07. The zero-order valence-electron chi connectivity index (χ0n) is 19.0. The van der Waals surface area contributed by atoms with Gasteiger partial charge in [0.1, 0.15) is 15.0 Å². The van der Waals surface area contributed by atoms with E-state index in [4.69, 9.17) is 10.2 Å². The Kier molecular flexibility index (Phi) is 8.98. The molecular weight excluding hydrogens is 561 g/mol. The average Bonchev–Trinajstić information content (AvgIpc) is 2.62. The molecule has 0 radical (unpaired) electrons. The first-order valence-corrected chi connectivity index (χ1v) is 12.0. The van der Waals surface area contributed by atoms with Gasteiger partial charge in [0.15, 0.2) is 0 Å². The number of hydrogen-bond acceptors (Lipinski definition) is 5. The second-order valence-corrected chi connectivity index (χ2v) is 10.7. The van der Waals surface area contributed by atoms with E-state index >= 15 is 0 Å². The predicted octanol–water partition coefficient (Wildman–Crippen LogP) is 5.62. The Morgan fingerprint density at radius 1 is 0.909 bits per heavy atom. The number of hydrogen-bond donors (Lipinski definition) is 2. The number of carboxylic acid groups (broad SMARTS) is 2. The first kappa shape index (κ1) is 27.2. The van der Waals surface area contributed by atoms with Gasteiger partial charge in [0.2, 0.25) is 5.95 Å². The van der Waals surface area contributed by atoms with Crippen molar-refractivity contribution in [3.63, 3.8) is 0 Å². The van der Waals surface area contributed by atoms with Crippen LogP contribution in [0.15, 0.2) is 33.5 Å². The Labute approximate surface area is 209 Å². The van der Waals surface area contributed by atoms with E-state index in [9.17, 15) is 14.0 Å². The lowest BCUT2D eigenvalue weighted by Gasteiger charge is -2.45. The van der Waals surface area contributed by atoms with Crippen LogP contribution in [0.25, 0.3) is 0 Å². The summed E-state index contributed by atoms with van der Waals surface area (Å²) in [6.45, 7) is 8.41. The second kappa shape index (κ2) is 10.9. The maximum absolute atomic E-state index is 12.3. The molecule has 2 aliphatic rings. The molecule has 1 saturated carbocycles. The molecule has 3 heterocycles. The van der Waals surface area contributed by atoms with Crippen molar-refractivity contribution < 1.29 is 24.2 Å². The number of pyridine rings is 2. The van der Waals surface area contributed by atoms with Crippen LogP contribution in [-0.2, 0) is 9.59 Å². The molecule has 4 rings (SSSR count). The molecule has 0 atom stereocenters. The molecule has 1 aliphatic carbocycles. The molecule has 7 nitrogen and oxygen atoms in total. The molecule has 180 valence electrons. The predicted molar refractivity (Wildman–Crippen MR) is 131 cm³/mol. The van der Waals surface area contributed by atoms with E-state index in [-0.39, 0.29) is 5.41 Å². The number of halogens is 3. The summed E-state index contributed by atoms with van der Waals surface area (Å²) in [5.74, 6) is -0.980. The summed E-state index contributed by atoms with van der Waals surface area (Å²) in [7, 11) is 0. The Morgan fingerprint density at radius 2 is 1.39 bits per heavy atom. The van der Waals surface area contributed by atoms with Crippen LogP contribution >= 0.6 is 31.9 Å². The second-order valence-electron chi connectivity index (χ2n) is 9.06. The summed E-state index contributed by atoms with van der Waals surface area (Å²) >= 11 is 6.40. The number of aliphatic carboxylic acids is 2. The lowest BCUT2D eigenvalue weighted by atomic mass is 9.71. The van der Waals surface area contributed by atoms with Crippen LogP contribution in [0.4, 0.5) is 10.2 Å². The van der Waals surface area contributed by atoms with Gasteiger partial charge in [0.05, 0.1) is 10.8 Å². The normalized spacial score (nSPS) is 17.2. The minimum absolute atomic E-state index is 0.361. The summed E-state index contributed by atoms with van der Waals surface area (Å²) < 4.78 is 13.6. The van der Waals surface area contributed by atoms with E-state index in [0.717, 1.165) is 40.8 Å². The van der Waals surface area contributed by atoms with Gasteiger partial charge in [-0.2, -0.15) is 4.39 Å². The van der Waals surface area contributed by atoms with Gasteiger partial charge >= 0.3 is 11.9 Å². The highest BCUT2D eigenvalue weighted by Gasteiger charge is 2.46. The van der Waals surface area contributed by atoms with Gasteiger partial charge in [-0.1, -0.05) is 6.42 Å². The molecule has 33 heavy (non-hydrogen) atoms. The molecule has 2 aromatic heterocycles. The minimum Gasteiger partial charge on any atom is -0.481 e.